The van der Waals surface area contributed by atoms with Crippen LogP contribution in [0.4, 0.5) is 5.69 Å². The summed E-state index contributed by atoms with van der Waals surface area (Å²) >= 11 is 0. The van der Waals surface area contributed by atoms with Gasteiger partial charge >= 0.3 is 0 Å². The normalized spacial score (nSPS) is 15.9. The number of benzene rings is 1. The molecule has 0 spiro atoms. The molecule has 2 aromatic heterocycles. The minimum atomic E-state index is -0.120. The van der Waals surface area contributed by atoms with Crippen molar-refractivity contribution in [2.24, 2.45) is 0 Å². The second-order valence-electron chi connectivity index (χ2n) is 7.58. The van der Waals surface area contributed by atoms with Crippen LogP contribution in [0.15, 0.2) is 41.1 Å². The third-order valence-corrected chi connectivity index (χ3v) is 5.12. The smallest absolute Gasteiger partial charge is 0.251 e. The summed E-state index contributed by atoms with van der Waals surface area (Å²) in [5, 5.41) is 7.57. The van der Waals surface area contributed by atoms with Gasteiger partial charge < -0.3 is 14.6 Å². The van der Waals surface area contributed by atoms with E-state index >= 15 is 0 Å². The average molecular weight is 379 g/mol. The molecule has 0 radical (unpaired) electrons. The SMILES string of the molecule is Cc1ccc(CNC(=O)c2ccc3c(c2)[C@@H](c2ncn(C(C)C)n2)CN3C)o1. The van der Waals surface area contributed by atoms with Gasteiger partial charge in [0.25, 0.3) is 5.91 Å². The number of aryl methyl sites for hydroxylation is 1. The van der Waals surface area contributed by atoms with Crippen LogP contribution in [0.25, 0.3) is 0 Å². The van der Waals surface area contributed by atoms with E-state index in [0.717, 1.165) is 35.1 Å². The third-order valence-electron chi connectivity index (χ3n) is 5.12. The fourth-order valence-corrected chi connectivity index (χ4v) is 3.56. The van der Waals surface area contributed by atoms with Gasteiger partial charge in [-0.05, 0) is 56.7 Å². The molecule has 1 aliphatic rings. The van der Waals surface area contributed by atoms with Crippen LogP contribution in [-0.2, 0) is 6.54 Å². The lowest BCUT2D eigenvalue weighted by Gasteiger charge is -2.12. The molecule has 3 heterocycles. The molecule has 0 aliphatic carbocycles. The molecule has 7 nitrogen and oxygen atoms in total. The maximum atomic E-state index is 12.6. The van der Waals surface area contributed by atoms with Crippen molar-refractivity contribution in [2.45, 2.75) is 39.3 Å². The summed E-state index contributed by atoms with van der Waals surface area (Å²) in [7, 11) is 2.05. The molecule has 0 unspecified atom stereocenters. The van der Waals surface area contributed by atoms with Crippen molar-refractivity contribution in [1.29, 1.82) is 0 Å². The first kappa shape index (κ1) is 18.3. The van der Waals surface area contributed by atoms with Gasteiger partial charge in [0.15, 0.2) is 5.82 Å². The van der Waals surface area contributed by atoms with Gasteiger partial charge in [0.1, 0.15) is 17.8 Å². The van der Waals surface area contributed by atoms with E-state index in [1.807, 2.05) is 41.9 Å². The number of hydrogen-bond acceptors (Lipinski definition) is 5. The van der Waals surface area contributed by atoms with E-state index in [2.05, 4.69) is 41.2 Å². The predicted molar refractivity (Wildman–Crippen MR) is 107 cm³/mol. The highest BCUT2D eigenvalue weighted by molar-refractivity contribution is 5.95. The molecule has 7 heteroatoms. The van der Waals surface area contributed by atoms with E-state index < -0.39 is 0 Å². The summed E-state index contributed by atoms with van der Waals surface area (Å²) in [6.07, 6.45) is 1.78. The number of amides is 1. The van der Waals surface area contributed by atoms with E-state index in [-0.39, 0.29) is 17.9 Å². The van der Waals surface area contributed by atoms with Crippen LogP contribution in [0.1, 0.15) is 59.1 Å². The first-order valence-corrected chi connectivity index (χ1v) is 9.52. The molecule has 0 saturated carbocycles. The number of carbonyl (C=O) groups is 1. The summed E-state index contributed by atoms with van der Waals surface area (Å²) < 4.78 is 7.38. The van der Waals surface area contributed by atoms with Crippen LogP contribution in [0.2, 0.25) is 0 Å². The van der Waals surface area contributed by atoms with Crippen LogP contribution in [-0.4, -0.2) is 34.3 Å². The Hall–Kier alpha value is -3.09. The van der Waals surface area contributed by atoms with Crippen molar-refractivity contribution in [3.05, 3.63) is 65.1 Å². The number of nitrogens with zero attached hydrogens (tertiary/aromatic N) is 4. The fraction of sp³-hybridized carbons (Fsp3) is 0.381. The number of likely N-dealkylation sites (N-methyl/N-ethyl adjacent to an activating group) is 1. The van der Waals surface area contributed by atoms with Crippen LogP contribution in [0, 0.1) is 6.92 Å². The lowest BCUT2D eigenvalue weighted by Crippen LogP contribution is -2.22. The Labute approximate surface area is 164 Å². The molecular weight excluding hydrogens is 354 g/mol. The zero-order valence-corrected chi connectivity index (χ0v) is 16.6. The molecule has 1 amide bonds. The Kier molecular flexibility index (Phi) is 4.66. The van der Waals surface area contributed by atoms with Crippen LogP contribution < -0.4 is 10.2 Å². The van der Waals surface area contributed by atoms with Crippen molar-refractivity contribution in [3.63, 3.8) is 0 Å². The quantitative estimate of drug-likeness (QED) is 0.736. The molecule has 146 valence electrons. The molecule has 28 heavy (non-hydrogen) atoms. The maximum Gasteiger partial charge on any atom is 0.251 e. The van der Waals surface area contributed by atoms with Crippen molar-refractivity contribution >= 4 is 11.6 Å². The number of aromatic nitrogens is 3. The van der Waals surface area contributed by atoms with Crippen LogP contribution in [0.3, 0.4) is 0 Å². The summed E-state index contributed by atoms with van der Waals surface area (Å²) in [4.78, 5) is 19.3. The van der Waals surface area contributed by atoms with Crippen LogP contribution >= 0.6 is 0 Å². The number of rotatable bonds is 5. The van der Waals surface area contributed by atoms with E-state index in [1.165, 1.54) is 0 Å². The molecular formula is C21H25N5O2. The minimum Gasteiger partial charge on any atom is -0.465 e. The van der Waals surface area contributed by atoms with E-state index in [0.29, 0.717) is 12.1 Å². The number of furan rings is 1. The molecule has 1 atom stereocenters. The van der Waals surface area contributed by atoms with Gasteiger partial charge in [-0.3, -0.25) is 9.48 Å². The number of carbonyl (C=O) groups excluding carboxylic acids is 1. The number of hydrogen-bond donors (Lipinski definition) is 1. The monoisotopic (exact) mass is 379 g/mol. The van der Waals surface area contributed by atoms with Gasteiger partial charge in [-0.2, -0.15) is 5.10 Å². The van der Waals surface area contributed by atoms with Gasteiger partial charge in [0.05, 0.1) is 12.5 Å². The topological polar surface area (TPSA) is 76.2 Å². The molecule has 0 bridgehead atoms. The van der Waals surface area contributed by atoms with Crippen LogP contribution in [0.5, 0.6) is 0 Å². The molecule has 3 aromatic rings. The Morgan fingerprint density at radius 3 is 2.82 bits per heavy atom. The molecule has 4 rings (SSSR count). The van der Waals surface area contributed by atoms with Crippen molar-refractivity contribution in [2.75, 3.05) is 18.5 Å². The first-order chi connectivity index (χ1) is 13.4. The maximum absolute atomic E-state index is 12.6. The van der Waals surface area contributed by atoms with Gasteiger partial charge in [-0.1, -0.05) is 0 Å². The molecule has 1 aromatic carbocycles. The molecule has 0 saturated heterocycles. The number of nitrogens with one attached hydrogen (secondary N) is 1. The summed E-state index contributed by atoms with van der Waals surface area (Å²) in [6, 6.07) is 9.85. The van der Waals surface area contributed by atoms with Gasteiger partial charge in [-0.15, -0.1) is 0 Å². The Morgan fingerprint density at radius 1 is 1.32 bits per heavy atom. The van der Waals surface area contributed by atoms with Gasteiger partial charge in [0, 0.05) is 30.9 Å². The summed E-state index contributed by atoms with van der Waals surface area (Å²) in [5.41, 5.74) is 2.83. The second kappa shape index (κ2) is 7.14. The van der Waals surface area contributed by atoms with Crippen molar-refractivity contribution < 1.29 is 9.21 Å². The molecule has 1 aliphatic heterocycles. The summed E-state index contributed by atoms with van der Waals surface area (Å²) in [5.74, 6) is 2.31. The van der Waals surface area contributed by atoms with E-state index in [9.17, 15) is 4.79 Å². The van der Waals surface area contributed by atoms with Crippen molar-refractivity contribution in [1.82, 2.24) is 20.1 Å². The number of fused-ring (bicyclic) bond motifs is 1. The molecule has 0 fully saturated rings. The predicted octanol–water partition coefficient (Wildman–Crippen LogP) is 3.27. The Morgan fingerprint density at radius 2 is 2.14 bits per heavy atom. The largest absolute Gasteiger partial charge is 0.465 e. The van der Waals surface area contributed by atoms with Gasteiger partial charge in [0.2, 0.25) is 0 Å². The molecule has 1 N–H and O–H groups in total. The highest BCUT2D eigenvalue weighted by Crippen LogP contribution is 2.38. The highest BCUT2D eigenvalue weighted by atomic mass is 16.3. The lowest BCUT2D eigenvalue weighted by molar-refractivity contribution is 0.0948. The average Bonchev–Trinajstić information content (AvgIpc) is 3.38. The first-order valence-electron chi connectivity index (χ1n) is 9.52. The number of anilines is 1. The van der Waals surface area contributed by atoms with E-state index in [1.54, 1.807) is 6.33 Å². The third kappa shape index (κ3) is 3.40. The lowest BCUT2D eigenvalue weighted by atomic mass is 9.98. The minimum absolute atomic E-state index is 0.0560. The Balaban J connectivity index is 1.56. The van der Waals surface area contributed by atoms with Crippen molar-refractivity contribution in [3.8, 4) is 0 Å². The second-order valence-corrected chi connectivity index (χ2v) is 7.58. The summed E-state index contributed by atoms with van der Waals surface area (Å²) in [6.45, 7) is 7.21. The highest BCUT2D eigenvalue weighted by Gasteiger charge is 2.31. The van der Waals surface area contributed by atoms with E-state index in [4.69, 9.17) is 4.42 Å². The Bertz CT molecular complexity index is 1000. The zero-order chi connectivity index (χ0) is 19.8. The zero-order valence-electron chi connectivity index (χ0n) is 16.6. The standard InChI is InChI=1S/C21H25N5O2/c1-13(2)26-12-23-20(24-26)18-11-25(4)19-8-6-15(9-17(18)19)21(27)22-10-16-7-5-14(3)28-16/h5-9,12-13,18H,10-11H2,1-4H3,(H,22,27)/t18-/m0/s1. The fourth-order valence-electron chi connectivity index (χ4n) is 3.56. The van der Waals surface area contributed by atoms with Gasteiger partial charge in [-0.25, -0.2) is 4.98 Å².